The van der Waals surface area contributed by atoms with Gasteiger partial charge in [-0.15, -0.1) is 0 Å². The van der Waals surface area contributed by atoms with Gasteiger partial charge in [-0.3, -0.25) is 0 Å². The van der Waals surface area contributed by atoms with Crippen LogP contribution < -0.4 is 4.65 Å². The Morgan fingerprint density at radius 2 is 0.733 bits per heavy atom. The zero-order valence-corrected chi connectivity index (χ0v) is 20.9. The molecular formula is C26H6BF15O3. The molecule has 0 aromatic heterocycles. The van der Waals surface area contributed by atoms with Crippen LogP contribution in [0.2, 0.25) is 0 Å². The van der Waals surface area contributed by atoms with Crippen LogP contribution in [-0.2, 0) is 0 Å². The summed E-state index contributed by atoms with van der Waals surface area (Å²) < 4.78 is 221. The molecule has 0 heterocycles. The lowest BCUT2D eigenvalue weighted by Crippen LogP contribution is -2.22. The van der Waals surface area contributed by atoms with E-state index in [0.29, 0.717) is 0 Å². The van der Waals surface area contributed by atoms with E-state index >= 15 is 8.78 Å². The minimum Gasteiger partial charge on any atom is -0.511 e. The molecule has 0 radical (unpaired) electrons. The van der Waals surface area contributed by atoms with E-state index in [1.54, 1.807) is 0 Å². The van der Waals surface area contributed by atoms with Crippen molar-refractivity contribution in [2.24, 2.45) is 0 Å². The highest BCUT2D eigenvalue weighted by Gasteiger charge is 2.38. The summed E-state index contributed by atoms with van der Waals surface area (Å²) in [4.78, 5) is 0. The van der Waals surface area contributed by atoms with Gasteiger partial charge in [0.1, 0.15) is 5.75 Å². The van der Waals surface area contributed by atoms with Crippen molar-refractivity contribution >= 4 is 13.4 Å². The fourth-order valence-corrected chi connectivity index (χ4v) is 4.30. The highest BCUT2D eigenvalue weighted by atomic mass is 19.2. The molecule has 4 aromatic rings. The summed E-state index contributed by atoms with van der Waals surface area (Å²) in [6.07, 6.45) is 0.0902. The molecule has 0 saturated carbocycles. The van der Waals surface area contributed by atoms with Crippen LogP contribution in [0.25, 0.3) is 39.5 Å². The molecule has 2 N–H and O–H groups in total. The van der Waals surface area contributed by atoms with Crippen molar-refractivity contribution in [3.8, 4) is 39.1 Å². The van der Waals surface area contributed by atoms with Crippen molar-refractivity contribution in [3.63, 3.8) is 0 Å². The standard InChI is InChI=1S/C26H6BF15O3/c1-2-4-7(10-14(30)20(36)25(41)21(37)15(10)31)5(9-12(28)18(34)24(40)19(35)13(9)29)3-6(45-27(43)44)8(4)11-16(32)22(38)26(42)23(39)17(11)33/h2-3,43-44H,1H2. The van der Waals surface area contributed by atoms with Crippen LogP contribution in [0, 0.1) is 87.3 Å². The normalized spacial score (nSPS) is 11.3. The summed E-state index contributed by atoms with van der Waals surface area (Å²) in [5.41, 5.74) is -13.8. The zero-order valence-electron chi connectivity index (χ0n) is 20.9. The van der Waals surface area contributed by atoms with Crippen molar-refractivity contribution in [2.75, 3.05) is 0 Å². The molecule has 0 spiro atoms. The monoisotopic (exact) mass is 662 g/mol. The van der Waals surface area contributed by atoms with Gasteiger partial charge in [-0.05, 0) is 11.6 Å². The van der Waals surface area contributed by atoms with E-state index in [2.05, 4.69) is 11.2 Å². The average Bonchev–Trinajstić information content (AvgIpc) is 3.00. The third-order valence-corrected chi connectivity index (χ3v) is 6.17. The van der Waals surface area contributed by atoms with Gasteiger partial charge in [0.15, 0.2) is 69.8 Å². The Morgan fingerprint density at radius 3 is 1.04 bits per heavy atom. The van der Waals surface area contributed by atoms with Crippen LogP contribution in [0.4, 0.5) is 65.9 Å². The van der Waals surface area contributed by atoms with Crippen molar-refractivity contribution in [1.82, 2.24) is 0 Å². The van der Waals surface area contributed by atoms with E-state index in [4.69, 9.17) is 0 Å². The molecule has 19 heteroatoms. The molecule has 0 aliphatic rings. The third kappa shape index (κ3) is 4.95. The Hall–Kier alpha value is -4.65. The van der Waals surface area contributed by atoms with E-state index in [-0.39, 0.29) is 12.1 Å². The van der Waals surface area contributed by atoms with Gasteiger partial charge >= 0.3 is 7.32 Å². The molecule has 45 heavy (non-hydrogen) atoms. The molecule has 0 bridgehead atoms. The summed E-state index contributed by atoms with van der Waals surface area (Å²) in [6.45, 7) is 3.01. The first-order valence-electron chi connectivity index (χ1n) is 11.3. The number of hydrogen-bond acceptors (Lipinski definition) is 3. The fourth-order valence-electron chi connectivity index (χ4n) is 4.30. The topological polar surface area (TPSA) is 49.7 Å². The lowest BCUT2D eigenvalue weighted by atomic mass is 9.83. The second kappa shape index (κ2) is 11.7. The molecule has 236 valence electrons. The first-order chi connectivity index (χ1) is 20.9. The van der Waals surface area contributed by atoms with Crippen LogP contribution in [0.5, 0.6) is 5.75 Å². The van der Waals surface area contributed by atoms with E-state index < -0.39 is 139 Å². The second-order valence-electron chi connectivity index (χ2n) is 8.57. The molecule has 0 unspecified atom stereocenters. The maximum Gasteiger partial charge on any atom is 0.707 e. The second-order valence-corrected chi connectivity index (χ2v) is 8.57. The first-order valence-corrected chi connectivity index (χ1v) is 11.3. The van der Waals surface area contributed by atoms with Crippen molar-refractivity contribution in [2.45, 2.75) is 0 Å². The Bertz CT molecular complexity index is 1860. The molecule has 4 aromatic carbocycles. The maximum absolute atomic E-state index is 15.1. The van der Waals surface area contributed by atoms with Crippen LogP contribution in [0.15, 0.2) is 12.6 Å². The maximum atomic E-state index is 15.1. The van der Waals surface area contributed by atoms with Gasteiger partial charge in [-0.1, -0.05) is 12.7 Å². The molecule has 0 aliphatic heterocycles. The average molecular weight is 662 g/mol. The minimum absolute atomic E-state index is 0.0902. The van der Waals surface area contributed by atoms with E-state index in [0.717, 1.165) is 0 Å². The summed E-state index contributed by atoms with van der Waals surface area (Å²) >= 11 is 0. The number of rotatable bonds is 6. The lowest BCUT2D eigenvalue weighted by Gasteiger charge is -2.24. The summed E-state index contributed by atoms with van der Waals surface area (Å²) in [5.74, 6) is -43.9. The van der Waals surface area contributed by atoms with Gasteiger partial charge in [0, 0.05) is 16.7 Å². The van der Waals surface area contributed by atoms with Crippen LogP contribution >= 0.6 is 0 Å². The van der Waals surface area contributed by atoms with Gasteiger partial charge < -0.3 is 14.7 Å². The summed E-state index contributed by atoms with van der Waals surface area (Å²) in [7, 11) is -3.20. The Labute approximate surface area is 239 Å². The Morgan fingerprint density at radius 1 is 0.444 bits per heavy atom. The van der Waals surface area contributed by atoms with Gasteiger partial charge in [-0.2, -0.15) is 0 Å². The molecular weight excluding hydrogens is 656 g/mol. The van der Waals surface area contributed by atoms with Crippen molar-refractivity contribution < 1.29 is 80.6 Å². The van der Waals surface area contributed by atoms with Crippen LogP contribution in [-0.4, -0.2) is 17.4 Å². The van der Waals surface area contributed by atoms with Gasteiger partial charge in [0.05, 0.1) is 16.7 Å². The number of benzene rings is 4. The lowest BCUT2D eigenvalue weighted by molar-refractivity contribution is 0.288. The molecule has 0 aliphatic carbocycles. The Kier molecular flexibility index (Phi) is 8.64. The van der Waals surface area contributed by atoms with Gasteiger partial charge in [0.2, 0.25) is 17.5 Å². The Balaban J connectivity index is 2.46. The molecule has 4 rings (SSSR count). The molecule has 0 saturated heterocycles. The fraction of sp³-hybridized carbons (Fsp3) is 0. The predicted octanol–water partition coefficient (Wildman–Crippen LogP) is 7.77. The molecule has 0 fully saturated rings. The zero-order chi connectivity index (χ0) is 34.0. The quantitative estimate of drug-likeness (QED) is 0.0961. The smallest absolute Gasteiger partial charge is 0.511 e. The molecule has 3 nitrogen and oxygen atoms in total. The highest BCUT2D eigenvalue weighted by molar-refractivity contribution is 6.34. The molecule has 0 atom stereocenters. The minimum atomic E-state index is -3.20. The third-order valence-electron chi connectivity index (χ3n) is 6.17. The first kappa shape index (κ1) is 33.3. The van der Waals surface area contributed by atoms with E-state index in [1.165, 1.54) is 0 Å². The van der Waals surface area contributed by atoms with Crippen molar-refractivity contribution in [3.05, 3.63) is 105 Å². The van der Waals surface area contributed by atoms with Crippen LogP contribution in [0.3, 0.4) is 0 Å². The summed E-state index contributed by atoms with van der Waals surface area (Å²) in [5, 5.41) is 18.7. The van der Waals surface area contributed by atoms with Crippen LogP contribution in [0.1, 0.15) is 5.56 Å². The highest BCUT2D eigenvalue weighted by Crippen LogP contribution is 2.51. The largest absolute Gasteiger partial charge is 0.707 e. The van der Waals surface area contributed by atoms with Gasteiger partial charge in [-0.25, -0.2) is 65.9 Å². The van der Waals surface area contributed by atoms with E-state index in [1.807, 2.05) is 0 Å². The van der Waals surface area contributed by atoms with E-state index in [9.17, 15) is 67.1 Å². The van der Waals surface area contributed by atoms with Gasteiger partial charge in [0.25, 0.3) is 0 Å². The SMILES string of the molecule is C=Cc1c(-c2c(F)c(F)c(F)c(F)c2F)c(OB(O)O)cc(-c2c(F)c(F)c(F)c(F)c2F)c1-c1c(F)c(F)c(F)c(F)c1F. The molecule has 0 amide bonds. The van der Waals surface area contributed by atoms with Crippen molar-refractivity contribution in [1.29, 1.82) is 0 Å². The summed E-state index contributed by atoms with van der Waals surface area (Å²) in [6, 6.07) is -0.231. The number of halogens is 15. The number of hydrogen-bond donors (Lipinski definition) is 2. The predicted molar refractivity (Wildman–Crippen MR) is 123 cm³/mol.